The molecule has 1 amide bonds. The molecule has 11 heteroatoms. The first-order chi connectivity index (χ1) is 12.6. The molecule has 27 heavy (non-hydrogen) atoms. The molecule has 1 aromatic carbocycles. The minimum atomic E-state index is -4.72. The summed E-state index contributed by atoms with van der Waals surface area (Å²) in [5, 5.41) is 1.98. The summed E-state index contributed by atoms with van der Waals surface area (Å²) < 4.78 is 73.3. The van der Waals surface area contributed by atoms with Crippen molar-refractivity contribution in [2.75, 3.05) is 45.4 Å². The number of ether oxygens (including phenoxy) is 2. The normalized spacial score (nSPS) is 18.6. The maximum atomic E-state index is 13.5. The number of hydrogen-bond donors (Lipinski definition) is 1. The summed E-state index contributed by atoms with van der Waals surface area (Å²) in [5.74, 6) is -0.689. The Bertz CT molecular complexity index is 769. The summed E-state index contributed by atoms with van der Waals surface area (Å²) in [5.41, 5.74) is -0.199. The van der Waals surface area contributed by atoms with Crippen LogP contribution in [-0.2, 0) is 14.6 Å². The second-order valence-corrected chi connectivity index (χ2v) is 8.39. The molecule has 0 aromatic heterocycles. The van der Waals surface area contributed by atoms with Crippen molar-refractivity contribution in [3.05, 3.63) is 23.8 Å². The first kappa shape index (κ1) is 21.3. The molecule has 0 radical (unpaired) electrons. The maximum Gasteiger partial charge on any atom is 0.412 e. The molecule has 0 spiro atoms. The van der Waals surface area contributed by atoms with E-state index in [0.29, 0.717) is 0 Å². The topological polar surface area (TPSA) is 84.9 Å². The lowest BCUT2D eigenvalue weighted by Gasteiger charge is -2.28. The van der Waals surface area contributed by atoms with Crippen LogP contribution in [0.2, 0.25) is 0 Å². The SMILES string of the molecule is COc1ccc(C(NC(=O)CN2CCS(=O)(=O)CC2)C(F)(F)F)cc1OC. The third-order valence-electron chi connectivity index (χ3n) is 4.18. The van der Waals surface area contributed by atoms with Gasteiger partial charge in [-0.2, -0.15) is 13.2 Å². The van der Waals surface area contributed by atoms with Gasteiger partial charge in [0.1, 0.15) is 0 Å². The summed E-state index contributed by atoms with van der Waals surface area (Å²) in [6, 6.07) is 1.46. The number of halogens is 3. The van der Waals surface area contributed by atoms with Crippen molar-refractivity contribution in [2.45, 2.75) is 12.2 Å². The van der Waals surface area contributed by atoms with E-state index in [1.54, 1.807) is 0 Å². The highest BCUT2D eigenvalue weighted by atomic mass is 32.2. The fourth-order valence-electron chi connectivity index (χ4n) is 2.70. The van der Waals surface area contributed by atoms with Gasteiger partial charge in [0.25, 0.3) is 0 Å². The lowest BCUT2D eigenvalue weighted by atomic mass is 10.1. The van der Waals surface area contributed by atoms with Crippen LogP contribution in [0, 0.1) is 0 Å². The third kappa shape index (κ3) is 5.73. The Labute approximate surface area is 155 Å². The van der Waals surface area contributed by atoms with Crippen molar-refractivity contribution in [3.63, 3.8) is 0 Å². The number of carbonyl (C=O) groups is 1. The molecule has 0 aliphatic carbocycles. The fourth-order valence-corrected chi connectivity index (χ4v) is 3.98. The summed E-state index contributed by atoms with van der Waals surface area (Å²) >= 11 is 0. The van der Waals surface area contributed by atoms with Crippen molar-refractivity contribution in [3.8, 4) is 11.5 Å². The van der Waals surface area contributed by atoms with Crippen molar-refractivity contribution in [1.82, 2.24) is 10.2 Å². The molecule has 1 atom stereocenters. The van der Waals surface area contributed by atoms with Gasteiger partial charge in [-0.05, 0) is 17.7 Å². The highest BCUT2D eigenvalue weighted by Gasteiger charge is 2.42. The Morgan fingerprint density at radius 1 is 1.19 bits per heavy atom. The van der Waals surface area contributed by atoms with E-state index in [1.807, 2.05) is 5.32 Å². The van der Waals surface area contributed by atoms with E-state index in [1.165, 1.54) is 31.3 Å². The van der Waals surface area contributed by atoms with Gasteiger partial charge in [-0.15, -0.1) is 0 Å². The quantitative estimate of drug-likeness (QED) is 0.758. The van der Waals surface area contributed by atoms with Crippen LogP contribution in [0.3, 0.4) is 0 Å². The third-order valence-corrected chi connectivity index (χ3v) is 5.79. The molecule has 1 aliphatic rings. The van der Waals surface area contributed by atoms with Crippen LogP contribution in [0.5, 0.6) is 11.5 Å². The van der Waals surface area contributed by atoms with Crippen LogP contribution in [0.25, 0.3) is 0 Å². The molecule has 2 rings (SSSR count). The van der Waals surface area contributed by atoms with Gasteiger partial charge in [0.2, 0.25) is 5.91 Å². The number of amides is 1. The van der Waals surface area contributed by atoms with Gasteiger partial charge >= 0.3 is 6.18 Å². The number of methoxy groups -OCH3 is 2. The highest BCUT2D eigenvalue weighted by molar-refractivity contribution is 7.91. The smallest absolute Gasteiger partial charge is 0.412 e. The van der Waals surface area contributed by atoms with E-state index in [9.17, 15) is 26.4 Å². The second-order valence-electron chi connectivity index (χ2n) is 6.08. The van der Waals surface area contributed by atoms with Crippen molar-refractivity contribution >= 4 is 15.7 Å². The molecule has 1 heterocycles. The monoisotopic (exact) mass is 410 g/mol. The Morgan fingerprint density at radius 2 is 1.78 bits per heavy atom. The number of benzene rings is 1. The molecular formula is C16H21F3N2O5S. The molecule has 1 unspecified atom stereocenters. The van der Waals surface area contributed by atoms with Gasteiger partial charge in [0, 0.05) is 13.1 Å². The summed E-state index contributed by atoms with van der Waals surface area (Å²) in [7, 11) is -0.475. The van der Waals surface area contributed by atoms with Gasteiger partial charge < -0.3 is 14.8 Å². The molecule has 1 N–H and O–H groups in total. The molecular weight excluding hydrogens is 389 g/mol. The minimum Gasteiger partial charge on any atom is -0.493 e. The van der Waals surface area contributed by atoms with Gasteiger partial charge in [-0.1, -0.05) is 6.07 Å². The largest absolute Gasteiger partial charge is 0.493 e. The number of hydrogen-bond acceptors (Lipinski definition) is 6. The summed E-state index contributed by atoms with van der Waals surface area (Å²) in [4.78, 5) is 13.6. The standard InChI is InChI=1S/C16H21F3N2O5S/c1-25-12-4-3-11(9-13(12)26-2)15(16(17,18)19)20-14(22)10-21-5-7-27(23,24)8-6-21/h3-4,9,15H,5-8,10H2,1-2H3,(H,20,22). The highest BCUT2D eigenvalue weighted by Crippen LogP contribution is 2.37. The zero-order valence-electron chi connectivity index (χ0n) is 14.9. The zero-order chi connectivity index (χ0) is 20.2. The molecule has 152 valence electrons. The van der Waals surface area contributed by atoms with E-state index in [-0.39, 0.29) is 48.2 Å². The van der Waals surface area contributed by atoms with Gasteiger partial charge in [0.05, 0.1) is 32.3 Å². The first-order valence-corrected chi connectivity index (χ1v) is 9.88. The molecule has 7 nitrogen and oxygen atoms in total. The van der Waals surface area contributed by atoms with E-state index in [4.69, 9.17) is 9.47 Å². The fraction of sp³-hybridized carbons (Fsp3) is 0.562. The average molecular weight is 410 g/mol. The molecule has 1 fully saturated rings. The maximum absolute atomic E-state index is 13.5. The van der Waals surface area contributed by atoms with Crippen LogP contribution >= 0.6 is 0 Å². The molecule has 0 saturated carbocycles. The second kappa shape index (κ2) is 8.34. The van der Waals surface area contributed by atoms with Crippen LogP contribution in [0.15, 0.2) is 18.2 Å². The van der Waals surface area contributed by atoms with Gasteiger partial charge in [-0.25, -0.2) is 8.42 Å². The predicted molar refractivity (Wildman–Crippen MR) is 91.6 cm³/mol. The van der Waals surface area contributed by atoms with E-state index >= 15 is 0 Å². The lowest BCUT2D eigenvalue weighted by molar-refractivity contribution is -0.163. The summed E-state index contributed by atoms with van der Waals surface area (Å²) in [6.07, 6.45) is -4.72. The van der Waals surface area contributed by atoms with E-state index < -0.39 is 28.0 Å². The zero-order valence-corrected chi connectivity index (χ0v) is 15.7. The number of nitrogens with one attached hydrogen (secondary N) is 1. The lowest BCUT2D eigenvalue weighted by Crippen LogP contribution is -2.47. The number of sulfone groups is 1. The first-order valence-electron chi connectivity index (χ1n) is 8.06. The van der Waals surface area contributed by atoms with Gasteiger partial charge in [-0.3, -0.25) is 9.69 Å². The van der Waals surface area contributed by atoms with Crippen molar-refractivity contribution in [2.24, 2.45) is 0 Å². The van der Waals surface area contributed by atoms with Crippen LogP contribution < -0.4 is 14.8 Å². The molecule has 1 aliphatic heterocycles. The van der Waals surface area contributed by atoms with Crippen LogP contribution in [-0.4, -0.2) is 70.8 Å². The molecule has 1 aromatic rings. The minimum absolute atomic E-state index is 0.111. The Kier molecular flexibility index (Phi) is 6.58. The van der Waals surface area contributed by atoms with Gasteiger partial charge in [0.15, 0.2) is 27.4 Å². The number of carbonyl (C=O) groups excluding carboxylic acids is 1. The number of nitrogens with zero attached hydrogens (tertiary/aromatic N) is 1. The molecule has 0 bridgehead atoms. The van der Waals surface area contributed by atoms with E-state index in [2.05, 4.69) is 0 Å². The Balaban J connectivity index is 2.12. The van der Waals surface area contributed by atoms with Crippen molar-refractivity contribution in [1.29, 1.82) is 0 Å². The van der Waals surface area contributed by atoms with Crippen molar-refractivity contribution < 1.29 is 35.9 Å². The Hall–Kier alpha value is -2.01. The average Bonchev–Trinajstić information content (AvgIpc) is 2.60. The molecule has 1 saturated heterocycles. The summed E-state index contributed by atoms with van der Waals surface area (Å²) in [6.45, 7) is -0.0824. The van der Waals surface area contributed by atoms with Crippen LogP contribution in [0.1, 0.15) is 11.6 Å². The van der Waals surface area contributed by atoms with E-state index in [0.717, 1.165) is 6.07 Å². The number of rotatable bonds is 6. The Morgan fingerprint density at radius 3 is 2.30 bits per heavy atom. The number of alkyl halides is 3. The van der Waals surface area contributed by atoms with Crippen LogP contribution in [0.4, 0.5) is 13.2 Å². The predicted octanol–water partition coefficient (Wildman–Crippen LogP) is 1.15.